The second-order valence-corrected chi connectivity index (χ2v) is 4.67. The Labute approximate surface area is 76.3 Å². The molecular weight excluding hydrogens is 174 g/mol. The van der Waals surface area contributed by atoms with Gasteiger partial charge in [-0.05, 0) is 12.8 Å². The Morgan fingerprint density at radius 3 is 2.75 bits per heavy atom. The van der Waals surface area contributed by atoms with E-state index in [1.807, 2.05) is 0 Å². The number of rotatable bonds is 4. The van der Waals surface area contributed by atoms with Gasteiger partial charge in [0.05, 0.1) is 0 Å². The van der Waals surface area contributed by atoms with E-state index in [4.69, 9.17) is 4.74 Å². The number of hydrogen-bond acceptors (Lipinski definition) is 3. The Kier molecular flexibility index (Phi) is 4.80. The second-order valence-electron chi connectivity index (χ2n) is 3.12. The summed E-state index contributed by atoms with van der Waals surface area (Å²) in [5.41, 5.74) is 0. The van der Waals surface area contributed by atoms with E-state index in [-0.39, 0.29) is 0 Å². The molecule has 4 heteroatoms. The van der Waals surface area contributed by atoms with Gasteiger partial charge in [0.1, 0.15) is 0 Å². The van der Waals surface area contributed by atoms with Gasteiger partial charge in [-0.3, -0.25) is 4.21 Å². The maximum atomic E-state index is 10.7. The van der Waals surface area contributed by atoms with E-state index in [9.17, 15) is 4.21 Å². The first kappa shape index (κ1) is 10.2. The average molecular weight is 191 g/mol. The lowest BCUT2D eigenvalue weighted by Crippen LogP contribution is -2.36. The Morgan fingerprint density at radius 1 is 1.50 bits per heavy atom. The zero-order valence-electron chi connectivity index (χ0n) is 7.54. The van der Waals surface area contributed by atoms with Gasteiger partial charge in [0.15, 0.2) is 0 Å². The third-order valence-electron chi connectivity index (χ3n) is 2.04. The summed E-state index contributed by atoms with van der Waals surface area (Å²) in [5, 5.41) is 3.38. The highest BCUT2D eigenvalue weighted by Crippen LogP contribution is 2.05. The van der Waals surface area contributed by atoms with E-state index in [1.54, 1.807) is 6.26 Å². The molecule has 1 heterocycles. The molecule has 1 aliphatic heterocycles. The summed E-state index contributed by atoms with van der Waals surface area (Å²) in [4.78, 5) is 0. The molecule has 1 saturated heterocycles. The van der Waals surface area contributed by atoms with Crippen molar-refractivity contribution in [3.05, 3.63) is 0 Å². The van der Waals surface area contributed by atoms with Crippen LogP contribution in [-0.2, 0) is 15.5 Å². The van der Waals surface area contributed by atoms with Crippen LogP contribution in [0.4, 0.5) is 0 Å². The van der Waals surface area contributed by atoms with Crippen molar-refractivity contribution in [1.82, 2.24) is 5.32 Å². The van der Waals surface area contributed by atoms with E-state index in [1.165, 1.54) is 0 Å². The molecule has 1 atom stereocenters. The van der Waals surface area contributed by atoms with Crippen LogP contribution in [0.5, 0.6) is 0 Å². The van der Waals surface area contributed by atoms with E-state index in [2.05, 4.69) is 5.32 Å². The lowest BCUT2D eigenvalue weighted by molar-refractivity contribution is 0.0786. The molecule has 0 aromatic carbocycles. The highest BCUT2D eigenvalue weighted by atomic mass is 32.2. The number of hydrogen-bond donors (Lipinski definition) is 1. The fraction of sp³-hybridized carbons (Fsp3) is 1.00. The molecule has 0 aromatic heterocycles. The predicted molar refractivity (Wildman–Crippen MR) is 50.8 cm³/mol. The molecule has 0 amide bonds. The summed E-state index contributed by atoms with van der Waals surface area (Å²) < 4.78 is 16.0. The quantitative estimate of drug-likeness (QED) is 0.686. The van der Waals surface area contributed by atoms with Crippen LogP contribution in [0.15, 0.2) is 0 Å². The summed E-state index contributed by atoms with van der Waals surface area (Å²) >= 11 is 0. The topological polar surface area (TPSA) is 38.3 Å². The van der Waals surface area contributed by atoms with Crippen molar-refractivity contribution >= 4 is 10.8 Å². The van der Waals surface area contributed by atoms with Crippen molar-refractivity contribution in [3.8, 4) is 0 Å². The van der Waals surface area contributed by atoms with E-state index < -0.39 is 10.8 Å². The maximum Gasteiger partial charge on any atom is 0.0480 e. The molecule has 72 valence electrons. The van der Waals surface area contributed by atoms with E-state index in [0.717, 1.165) is 38.4 Å². The summed E-state index contributed by atoms with van der Waals surface area (Å²) in [6, 6.07) is 0.585. The van der Waals surface area contributed by atoms with Gasteiger partial charge < -0.3 is 10.1 Å². The van der Waals surface area contributed by atoms with Crippen LogP contribution in [-0.4, -0.2) is 42.0 Å². The van der Waals surface area contributed by atoms with Crippen molar-refractivity contribution < 1.29 is 8.95 Å². The van der Waals surface area contributed by atoms with Gasteiger partial charge in [0.2, 0.25) is 0 Å². The molecule has 3 nitrogen and oxygen atoms in total. The van der Waals surface area contributed by atoms with Crippen molar-refractivity contribution in [2.75, 3.05) is 31.8 Å². The molecule has 1 fully saturated rings. The van der Waals surface area contributed by atoms with Crippen LogP contribution in [0.1, 0.15) is 12.8 Å². The van der Waals surface area contributed by atoms with Crippen LogP contribution in [0.3, 0.4) is 0 Å². The monoisotopic (exact) mass is 191 g/mol. The van der Waals surface area contributed by atoms with Crippen molar-refractivity contribution in [1.29, 1.82) is 0 Å². The zero-order valence-corrected chi connectivity index (χ0v) is 8.36. The number of nitrogens with one attached hydrogen (secondary N) is 1. The van der Waals surface area contributed by atoms with Gasteiger partial charge in [0.25, 0.3) is 0 Å². The summed E-state index contributed by atoms with van der Waals surface area (Å²) in [6.07, 6.45) is 3.93. The molecule has 0 radical (unpaired) electrons. The molecule has 0 saturated carbocycles. The zero-order chi connectivity index (χ0) is 8.81. The molecule has 1 unspecified atom stereocenters. The van der Waals surface area contributed by atoms with Crippen LogP contribution in [0.2, 0.25) is 0 Å². The van der Waals surface area contributed by atoms with Gasteiger partial charge in [-0.15, -0.1) is 0 Å². The van der Waals surface area contributed by atoms with Gasteiger partial charge in [-0.2, -0.15) is 0 Å². The van der Waals surface area contributed by atoms with E-state index >= 15 is 0 Å². The van der Waals surface area contributed by atoms with Crippen molar-refractivity contribution in [2.24, 2.45) is 0 Å². The fourth-order valence-corrected chi connectivity index (χ4v) is 1.71. The first-order chi connectivity index (χ1) is 5.79. The van der Waals surface area contributed by atoms with Crippen LogP contribution < -0.4 is 5.32 Å². The third kappa shape index (κ3) is 4.18. The van der Waals surface area contributed by atoms with Gasteiger partial charge in [-0.1, -0.05) is 0 Å². The van der Waals surface area contributed by atoms with Crippen LogP contribution >= 0.6 is 0 Å². The normalized spacial score (nSPS) is 22.4. The minimum absolute atomic E-state index is 0.585. The molecule has 1 rings (SSSR count). The summed E-state index contributed by atoms with van der Waals surface area (Å²) in [7, 11) is -0.664. The first-order valence-corrected chi connectivity index (χ1v) is 6.13. The molecule has 0 aromatic rings. The summed E-state index contributed by atoms with van der Waals surface area (Å²) in [5.74, 6) is 0.761. The van der Waals surface area contributed by atoms with Crippen LogP contribution in [0, 0.1) is 0 Å². The van der Waals surface area contributed by atoms with E-state index in [0.29, 0.717) is 6.04 Å². The highest BCUT2D eigenvalue weighted by Gasteiger charge is 2.12. The molecule has 0 spiro atoms. The minimum Gasteiger partial charge on any atom is -0.381 e. The summed E-state index contributed by atoms with van der Waals surface area (Å²) in [6.45, 7) is 2.60. The van der Waals surface area contributed by atoms with Crippen molar-refractivity contribution in [2.45, 2.75) is 18.9 Å². The average Bonchev–Trinajstić information content (AvgIpc) is 2.05. The van der Waals surface area contributed by atoms with Gasteiger partial charge >= 0.3 is 0 Å². The Morgan fingerprint density at radius 2 is 2.17 bits per heavy atom. The molecule has 1 N–H and O–H groups in total. The largest absolute Gasteiger partial charge is 0.381 e. The molecule has 0 bridgehead atoms. The minimum atomic E-state index is -0.664. The lowest BCUT2D eigenvalue weighted by atomic mass is 10.1. The third-order valence-corrected chi connectivity index (χ3v) is 2.82. The molecule has 1 aliphatic rings. The highest BCUT2D eigenvalue weighted by molar-refractivity contribution is 7.84. The SMILES string of the molecule is CS(=O)CCNC1CCOCC1. The van der Waals surface area contributed by atoms with Crippen LogP contribution in [0.25, 0.3) is 0 Å². The molecule has 0 aliphatic carbocycles. The maximum absolute atomic E-state index is 10.7. The predicted octanol–water partition coefficient (Wildman–Crippen LogP) is 0.133. The first-order valence-electron chi connectivity index (χ1n) is 4.40. The molecule has 12 heavy (non-hydrogen) atoms. The lowest BCUT2D eigenvalue weighted by Gasteiger charge is -2.22. The fourth-order valence-electron chi connectivity index (χ4n) is 1.31. The Hall–Kier alpha value is 0.0700. The standard InChI is InChI=1S/C8H17NO2S/c1-12(10)7-4-9-8-2-5-11-6-3-8/h8-9H,2-7H2,1H3. The van der Waals surface area contributed by atoms with Crippen molar-refractivity contribution in [3.63, 3.8) is 0 Å². The Bertz CT molecular complexity index is 146. The Balaban J connectivity index is 2.01. The number of ether oxygens (including phenoxy) is 1. The molecular formula is C8H17NO2S. The van der Waals surface area contributed by atoms with Gasteiger partial charge in [0, 0.05) is 48.6 Å². The smallest absolute Gasteiger partial charge is 0.0480 e. The van der Waals surface area contributed by atoms with Gasteiger partial charge in [-0.25, -0.2) is 0 Å². The second kappa shape index (κ2) is 5.67.